The summed E-state index contributed by atoms with van der Waals surface area (Å²) in [5, 5.41) is 8.00. The van der Waals surface area contributed by atoms with Crippen LogP contribution in [0.5, 0.6) is 0 Å². The van der Waals surface area contributed by atoms with Gasteiger partial charge < -0.3 is 10.6 Å². The van der Waals surface area contributed by atoms with Gasteiger partial charge in [-0.2, -0.15) is 13.2 Å². The maximum atomic E-state index is 12.6. The van der Waals surface area contributed by atoms with E-state index in [1.54, 1.807) is 6.08 Å². The first-order valence-corrected chi connectivity index (χ1v) is 9.38. The van der Waals surface area contributed by atoms with E-state index in [1.165, 1.54) is 23.9 Å². The Balaban J connectivity index is 1.48. The van der Waals surface area contributed by atoms with E-state index >= 15 is 0 Å². The number of benzene rings is 3. The lowest BCUT2D eigenvalue weighted by atomic mass is 10.1. The standard InChI is InChI=1S/C21H15F3N2OS/c22-21(23,24)16-7-9-17(10-8-16)25-20-26-19(27)18(28-20)12-13-5-6-14-3-1-2-4-15(14)11-13/h1-12,20,25H,(H,26,27). The third-order valence-electron chi connectivity index (χ3n) is 4.31. The van der Waals surface area contributed by atoms with Crippen LogP contribution < -0.4 is 10.6 Å². The topological polar surface area (TPSA) is 41.1 Å². The minimum absolute atomic E-state index is 0.220. The van der Waals surface area contributed by atoms with Gasteiger partial charge in [0.1, 0.15) is 0 Å². The van der Waals surface area contributed by atoms with Gasteiger partial charge in [0.15, 0.2) is 5.50 Å². The Hall–Kier alpha value is -2.93. The molecule has 1 fully saturated rings. The Morgan fingerprint density at radius 1 is 0.964 bits per heavy atom. The van der Waals surface area contributed by atoms with Gasteiger partial charge in [0.25, 0.3) is 5.91 Å². The number of rotatable bonds is 3. The van der Waals surface area contributed by atoms with Gasteiger partial charge in [0, 0.05) is 5.69 Å². The molecule has 7 heteroatoms. The molecule has 3 aromatic rings. The molecule has 1 atom stereocenters. The number of nitrogens with one attached hydrogen (secondary N) is 2. The van der Waals surface area contributed by atoms with Crippen molar-refractivity contribution in [1.29, 1.82) is 0 Å². The molecule has 0 aliphatic carbocycles. The van der Waals surface area contributed by atoms with Crippen LogP contribution in [0.4, 0.5) is 18.9 Å². The van der Waals surface area contributed by atoms with E-state index in [9.17, 15) is 18.0 Å². The molecule has 3 nitrogen and oxygen atoms in total. The van der Waals surface area contributed by atoms with Crippen LogP contribution in [0.1, 0.15) is 11.1 Å². The molecule has 3 aromatic carbocycles. The van der Waals surface area contributed by atoms with Crippen LogP contribution in [-0.4, -0.2) is 11.4 Å². The van der Waals surface area contributed by atoms with Crippen molar-refractivity contribution in [3.63, 3.8) is 0 Å². The molecule has 0 radical (unpaired) electrons. The van der Waals surface area contributed by atoms with Crippen molar-refractivity contribution >= 4 is 40.2 Å². The molecule has 1 heterocycles. The summed E-state index contributed by atoms with van der Waals surface area (Å²) >= 11 is 1.29. The van der Waals surface area contributed by atoms with Crippen molar-refractivity contribution in [3.8, 4) is 0 Å². The predicted molar refractivity (Wildman–Crippen MR) is 107 cm³/mol. The quantitative estimate of drug-likeness (QED) is 0.574. The molecule has 0 saturated carbocycles. The zero-order valence-corrected chi connectivity index (χ0v) is 15.3. The third kappa shape index (κ3) is 3.99. The predicted octanol–water partition coefficient (Wildman–Crippen LogP) is 5.46. The summed E-state index contributed by atoms with van der Waals surface area (Å²) in [6, 6.07) is 18.6. The summed E-state index contributed by atoms with van der Waals surface area (Å²) in [7, 11) is 0. The highest BCUT2D eigenvalue weighted by molar-refractivity contribution is 8.05. The first-order chi connectivity index (χ1) is 13.4. The largest absolute Gasteiger partial charge is 0.416 e. The molecule has 1 aliphatic rings. The molecule has 2 N–H and O–H groups in total. The molecule has 142 valence electrons. The number of amides is 1. The molecule has 0 spiro atoms. The Labute approximate surface area is 163 Å². The highest BCUT2D eigenvalue weighted by atomic mass is 32.2. The minimum atomic E-state index is -4.37. The zero-order valence-electron chi connectivity index (χ0n) is 14.5. The van der Waals surface area contributed by atoms with Crippen molar-refractivity contribution in [2.45, 2.75) is 11.7 Å². The van der Waals surface area contributed by atoms with E-state index in [4.69, 9.17) is 0 Å². The highest BCUT2D eigenvalue weighted by Crippen LogP contribution is 2.33. The van der Waals surface area contributed by atoms with E-state index in [0.717, 1.165) is 28.5 Å². The number of fused-ring (bicyclic) bond motifs is 1. The average Bonchev–Trinajstić information content (AvgIpc) is 3.00. The number of thioether (sulfide) groups is 1. The lowest BCUT2D eigenvalue weighted by molar-refractivity contribution is -0.137. The zero-order chi connectivity index (χ0) is 19.7. The Kier molecular flexibility index (Phi) is 4.77. The molecule has 1 amide bonds. The monoisotopic (exact) mass is 400 g/mol. The lowest BCUT2D eigenvalue weighted by Gasteiger charge is -2.13. The van der Waals surface area contributed by atoms with Gasteiger partial charge in [-0.05, 0) is 52.7 Å². The Morgan fingerprint density at radius 2 is 1.68 bits per heavy atom. The van der Waals surface area contributed by atoms with Crippen molar-refractivity contribution in [2.75, 3.05) is 5.32 Å². The number of anilines is 1. The van der Waals surface area contributed by atoms with Gasteiger partial charge in [-0.15, -0.1) is 0 Å². The number of hydrogen-bond donors (Lipinski definition) is 2. The van der Waals surface area contributed by atoms with Crippen LogP contribution in [0, 0.1) is 0 Å². The molecule has 1 aliphatic heterocycles. The van der Waals surface area contributed by atoms with Gasteiger partial charge >= 0.3 is 6.18 Å². The highest BCUT2D eigenvalue weighted by Gasteiger charge is 2.30. The molecule has 1 unspecified atom stereocenters. The van der Waals surface area contributed by atoms with Gasteiger partial charge in [-0.1, -0.05) is 48.2 Å². The van der Waals surface area contributed by atoms with Crippen LogP contribution in [-0.2, 0) is 11.0 Å². The normalized spacial score (nSPS) is 18.5. The van der Waals surface area contributed by atoms with Gasteiger partial charge in [0.2, 0.25) is 0 Å². The fraction of sp³-hybridized carbons (Fsp3) is 0.0952. The van der Waals surface area contributed by atoms with Crippen molar-refractivity contribution in [2.24, 2.45) is 0 Å². The summed E-state index contributed by atoms with van der Waals surface area (Å²) in [6.07, 6.45) is -2.56. The molecule has 1 saturated heterocycles. The maximum Gasteiger partial charge on any atom is 0.416 e. The van der Waals surface area contributed by atoms with Crippen molar-refractivity contribution < 1.29 is 18.0 Å². The van der Waals surface area contributed by atoms with Crippen LogP contribution in [0.15, 0.2) is 71.6 Å². The first-order valence-electron chi connectivity index (χ1n) is 8.50. The SMILES string of the molecule is O=C1NC(Nc2ccc(C(F)(F)F)cc2)SC1=Cc1ccc2ccccc2c1. The minimum Gasteiger partial charge on any atom is -0.357 e. The van der Waals surface area contributed by atoms with E-state index < -0.39 is 17.2 Å². The number of alkyl halides is 3. The third-order valence-corrected chi connectivity index (χ3v) is 5.34. The second-order valence-corrected chi connectivity index (χ2v) is 7.45. The number of halogens is 3. The van der Waals surface area contributed by atoms with Crippen LogP contribution in [0.25, 0.3) is 16.8 Å². The summed E-state index contributed by atoms with van der Waals surface area (Å²) in [5.74, 6) is -0.220. The molecule has 4 rings (SSSR count). The van der Waals surface area contributed by atoms with Gasteiger partial charge in [-0.3, -0.25) is 4.79 Å². The second-order valence-electron chi connectivity index (χ2n) is 6.31. The fourth-order valence-electron chi connectivity index (χ4n) is 2.92. The lowest BCUT2D eigenvalue weighted by Crippen LogP contribution is -2.30. The number of carbonyl (C=O) groups excluding carboxylic acids is 1. The number of carbonyl (C=O) groups is 1. The fourth-order valence-corrected chi connectivity index (χ4v) is 3.91. The molecular weight excluding hydrogens is 385 g/mol. The average molecular weight is 400 g/mol. The molecule has 28 heavy (non-hydrogen) atoms. The molecular formula is C21H15F3N2OS. The number of hydrogen-bond acceptors (Lipinski definition) is 3. The summed E-state index contributed by atoms with van der Waals surface area (Å²) in [6.45, 7) is 0. The van der Waals surface area contributed by atoms with Crippen molar-refractivity contribution in [1.82, 2.24) is 5.32 Å². The smallest absolute Gasteiger partial charge is 0.357 e. The van der Waals surface area contributed by atoms with Crippen LogP contribution in [0.3, 0.4) is 0 Å². The second kappa shape index (κ2) is 7.24. The Morgan fingerprint density at radius 3 is 2.39 bits per heavy atom. The van der Waals surface area contributed by atoms with Crippen LogP contribution in [0.2, 0.25) is 0 Å². The van der Waals surface area contributed by atoms with Crippen molar-refractivity contribution in [3.05, 3.63) is 82.8 Å². The molecule has 0 bridgehead atoms. The van der Waals surface area contributed by atoms with Gasteiger partial charge in [-0.25, -0.2) is 0 Å². The first kappa shape index (κ1) is 18.4. The van der Waals surface area contributed by atoms with E-state index in [1.807, 2.05) is 42.5 Å². The van der Waals surface area contributed by atoms with E-state index in [0.29, 0.717) is 10.6 Å². The Bertz CT molecular complexity index is 1060. The summed E-state index contributed by atoms with van der Waals surface area (Å²) in [5.41, 5.74) is 0.248. The van der Waals surface area contributed by atoms with E-state index in [2.05, 4.69) is 10.6 Å². The van der Waals surface area contributed by atoms with E-state index in [-0.39, 0.29) is 5.91 Å². The maximum absolute atomic E-state index is 12.6. The molecule has 0 aromatic heterocycles. The van der Waals surface area contributed by atoms with Gasteiger partial charge in [0.05, 0.1) is 10.5 Å². The summed E-state index contributed by atoms with van der Waals surface area (Å²) in [4.78, 5) is 12.8. The van der Waals surface area contributed by atoms with Crippen LogP contribution >= 0.6 is 11.8 Å². The summed E-state index contributed by atoms with van der Waals surface area (Å²) < 4.78 is 37.9.